The zero-order chi connectivity index (χ0) is 16.1. The fourth-order valence-electron chi connectivity index (χ4n) is 2.66. The summed E-state index contributed by atoms with van der Waals surface area (Å²) in [5.41, 5.74) is 0.935. The molecular formula is C17H19ClN4O. The number of nitrogens with one attached hydrogen (secondary N) is 1. The minimum atomic E-state index is -0.290. The van der Waals surface area contributed by atoms with Gasteiger partial charge in [-0.1, -0.05) is 30.5 Å². The second kappa shape index (κ2) is 7.42. The molecule has 1 aromatic carbocycles. The molecule has 23 heavy (non-hydrogen) atoms. The highest BCUT2D eigenvalue weighted by molar-refractivity contribution is 6.30. The third-order valence-corrected chi connectivity index (χ3v) is 4.12. The van der Waals surface area contributed by atoms with E-state index < -0.39 is 0 Å². The summed E-state index contributed by atoms with van der Waals surface area (Å²) in [7, 11) is 0. The van der Waals surface area contributed by atoms with Gasteiger partial charge in [0.15, 0.2) is 0 Å². The minimum Gasteiger partial charge on any atom is -0.355 e. The Hall–Kier alpha value is -2.14. The number of hydrogen-bond acceptors (Lipinski definition) is 4. The van der Waals surface area contributed by atoms with Crippen LogP contribution in [0.25, 0.3) is 0 Å². The highest BCUT2D eigenvalue weighted by Crippen LogP contribution is 2.18. The van der Waals surface area contributed by atoms with Gasteiger partial charge < -0.3 is 10.2 Å². The molecule has 120 valence electrons. The maximum absolute atomic E-state index is 12.2. The third kappa shape index (κ3) is 4.20. The number of aromatic nitrogens is 2. The van der Waals surface area contributed by atoms with Gasteiger partial charge in [-0.3, -0.25) is 4.79 Å². The molecule has 6 heteroatoms. The third-order valence-electron chi connectivity index (χ3n) is 3.88. The Balaban J connectivity index is 1.67. The van der Waals surface area contributed by atoms with E-state index in [4.69, 9.17) is 11.6 Å². The molecule has 3 rings (SSSR count). The number of carbonyl (C=O) groups is 1. The highest BCUT2D eigenvalue weighted by atomic mass is 35.5. The van der Waals surface area contributed by atoms with Gasteiger partial charge in [-0.15, -0.1) is 0 Å². The van der Waals surface area contributed by atoms with Crippen molar-refractivity contribution in [3.05, 3.63) is 47.4 Å². The van der Waals surface area contributed by atoms with Crippen LogP contribution in [0.5, 0.6) is 0 Å². The Morgan fingerprint density at radius 3 is 2.52 bits per heavy atom. The van der Waals surface area contributed by atoms with Gasteiger partial charge in [-0.05, 0) is 31.0 Å². The Morgan fingerprint density at radius 1 is 1.09 bits per heavy atom. The normalized spacial score (nSPS) is 15.1. The molecule has 0 bridgehead atoms. The van der Waals surface area contributed by atoms with Crippen LogP contribution in [0.4, 0.5) is 11.5 Å². The lowest BCUT2D eigenvalue weighted by Crippen LogP contribution is -2.25. The van der Waals surface area contributed by atoms with Gasteiger partial charge >= 0.3 is 0 Å². The molecule has 2 aromatic rings. The minimum absolute atomic E-state index is 0.290. The molecular weight excluding hydrogens is 312 g/mol. The largest absolute Gasteiger partial charge is 0.355 e. The maximum atomic E-state index is 12.2. The van der Waals surface area contributed by atoms with E-state index in [2.05, 4.69) is 20.2 Å². The molecule has 1 aromatic heterocycles. The topological polar surface area (TPSA) is 58.1 Å². The average molecular weight is 331 g/mol. The molecule has 0 spiro atoms. The van der Waals surface area contributed by atoms with E-state index in [1.165, 1.54) is 31.9 Å². The lowest BCUT2D eigenvalue weighted by molar-refractivity contribution is 0.102. The molecule has 1 amide bonds. The van der Waals surface area contributed by atoms with E-state index in [1.807, 2.05) is 0 Å². The molecule has 0 unspecified atom stereocenters. The quantitative estimate of drug-likeness (QED) is 0.930. The second-order valence-corrected chi connectivity index (χ2v) is 6.06. The molecule has 0 aliphatic carbocycles. The summed E-state index contributed by atoms with van der Waals surface area (Å²) in [5.74, 6) is 0.549. The summed E-state index contributed by atoms with van der Waals surface area (Å²) >= 11 is 5.91. The summed E-state index contributed by atoms with van der Waals surface area (Å²) in [6.45, 7) is 2.01. The van der Waals surface area contributed by atoms with E-state index in [9.17, 15) is 4.79 Å². The van der Waals surface area contributed by atoms with Crippen LogP contribution in [0.3, 0.4) is 0 Å². The van der Waals surface area contributed by atoms with Crippen LogP contribution in [0.1, 0.15) is 36.2 Å². The number of nitrogens with zero attached hydrogens (tertiary/aromatic N) is 3. The van der Waals surface area contributed by atoms with Gasteiger partial charge in [-0.2, -0.15) is 0 Å². The van der Waals surface area contributed by atoms with Crippen molar-refractivity contribution in [1.29, 1.82) is 0 Å². The van der Waals surface area contributed by atoms with Crippen molar-refractivity contribution >= 4 is 29.0 Å². The molecule has 5 nitrogen and oxygen atoms in total. The van der Waals surface area contributed by atoms with Crippen LogP contribution < -0.4 is 10.2 Å². The number of benzene rings is 1. The predicted molar refractivity (Wildman–Crippen MR) is 92.1 cm³/mol. The Kier molecular flexibility index (Phi) is 5.08. The van der Waals surface area contributed by atoms with Crippen molar-refractivity contribution in [3.8, 4) is 0 Å². The molecule has 1 aliphatic rings. The molecule has 1 N–H and O–H groups in total. The number of rotatable bonds is 3. The van der Waals surface area contributed by atoms with Crippen LogP contribution in [0, 0.1) is 0 Å². The van der Waals surface area contributed by atoms with Crippen LogP contribution in [-0.4, -0.2) is 29.0 Å². The highest BCUT2D eigenvalue weighted by Gasteiger charge is 2.13. The van der Waals surface area contributed by atoms with Gasteiger partial charge in [0, 0.05) is 23.8 Å². The van der Waals surface area contributed by atoms with E-state index in [0.29, 0.717) is 16.4 Å². The standard InChI is InChI=1S/C17H19ClN4O/c18-13-6-5-7-14(10-13)21-17(23)15-11-20-16(12-19-15)22-8-3-1-2-4-9-22/h5-7,10-12H,1-4,8-9H2,(H,21,23). The first-order valence-electron chi connectivity index (χ1n) is 7.86. The van der Waals surface area contributed by atoms with Crippen molar-refractivity contribution in [2.24, 2.45) is 0 Å². The number of carbonyl (C=O) groups excluding carboxylic acids is 1. The van der Waals surface area contributed by atoms with Crippen molar-refractivity contribution in [3.63, 3.8) is 0 Å². The first-order valence-corrected chi connectivity index (χ1v) is 8.24. The smallest absolute Gasteiger partial charge is 0.275 e. The zero-order valence-corrected chi connectivity index (χ0v) is 13.6. The van der Waals surface area contributed by atoms with Crippen molar-refractivity contribution in [2.45, 2.75) is 25.7 Å². The molecule has 1 aliphatic heterocycles. The monoisotopic (exact) mass is 330 g/mol. The number of amides is 1. The SMILES string of the molecule is O=C(Nc1cccc(Cl)c1)c1cnc(N2CCCCCC2)cn1. The van der Waals surface area contributed by atoms with Gasteiger partial charge in [0.25, 0.3) is 5.91 Å². The van der Waals surface area contributed by atoms with Crippen LogP contribution in [0.15, 0.2) is 36.7 Å². The van der Waals surface area contributed by atoms with E-state index in [1.54, 1.807) is 30.5 Å². The number of hydrogen-bond donors (Lipinski definition) is 1. The molecule has 2 heterocycles. The fourth-order valence-corrected chi connectivity index (χ4v) is 2.85. The van der Waals surface area contributed by atoms with Gasteiger partial charge in [0.1, 0.15) is 11.5 Å². The van der Waals surface area contributed by atoms with Crippen LogP contribution in [0.2, 0.25) is 5.02 Å². The molecule has 1 saturated heterocycles. The van der Waals surface area contributed by atoms with Crippen molar-refractivity contribution in [1.82, 2.24) is 9.97 Å². The average Bonchev–Trinajstić information content (AvgIpc) is 2.84. The summed E-state index contributed by atoms with van der Waals surface area (Å²) in [4.78, 5) is 23.1. The Bertz CT molecular complexity index is 667. The van der Waals surface area contributed by atoms with E-state index in [0.717, 1.165) is 18.9 Å². The fraction of sp³-hybridized carbons (Fsp3) is 0.353. The molecule has 1 fully saturated rings. The van der Waals surface area contributed by atoms with Gasteiger partial charge in [-0.25, -0.2) is 9.97 Å². The Labute approximate surface area is 140 Å². The number of anilines is 2. The lowest BCUT2D eigenvalue weighted by atomic mass is 10.2. The maximum Gasteiger partial charge on any atom is 0.275 e. The van der Waals surface area contributed by atoms with E-state index in [-0.39, 0.29) is 5.91 Å². The van der Waals surface area contributed by atoms with Crippen LogP contribution >= 0.6 is 11.6 Å². The van der Waals surface area contributed by atoms with E-state index >= 15 is 0 Å². The van der Waals surface area contributed by atoms with Crippen molar-refractivity contribution in [2.75, 3.05) is 23.3 Å². The molecule has 0 saturated carbocycles. The van der Waals surface area contributed by atoms with Crippen molar-refractivity contribution < 1.29 is 4.79 Å². The second-order valence-electron chi connectivity index (χ2n) is 5.63. The zero-order valence-electron chi connectivity index (χ0n) is 12.8. The van der Waals surface area contributed by atoms with Gasteiger partial charge in [0.2, 0.25) is 0 Å². The predicted octanol–water partition coefficient (Wildman–Crippen LogP) is 3.76. The summed E-state index contributed by atoms with van der Waals surface area (Å²) < 4.78 is 0. The van der Waals surface area contributed by atoms with Gasteiger partial charge in [0.05, 0.1) is 12.4 Å². The lowest BCUT2D eigenvalue weighted by Gasteiger charge is -2.20. The summed E-state index contributed by atoms with van der Waals surface area (Å²) in [6.07, 6.45) is 8.10. The number of halogens is 1. The first kappa shape index (κ1) is 15.7. The van der Waals surface area contributed by atoms with Crippen LogP contribution in [-0.2, 0) is 0 Å². The molecule has 0 radical (unpaired) electrons. The summed E-state index contributed by atoms with van der Waals surface area (Å²) in [6, 6.07) is 7.01. The Morgan fingerprint density at radius 2 is 1.87 bits per heavy atom. The summed E-state index contributed by atoms with van der Waals surface area (Å²) in [5, 5.41) is 3.34. The first-order chi connectivity index (χ1) is 11.2. The molecule has 0 atom stereocenters.